The highest BCUT2D eigenvalue weighted by Gasteiger charge is 2.18. The van der Waals surface area contributed by atoms with E-state index in [4.69, 9.17) is 14.2 Å². The number of aliphatic hydroxyl groups excluding tert-OH is 2. The molecule has 2 N–H and O–H groups in total. The number of nitrogens with zero attached hydrogens (tertiary/aromatic N) is 3. The van der Waals surface area contributed by atoms with Gasteiger partial charge < -0.3 is 29.0 Å². The summed E-state index contributed by atoms with van der Waals surface area (Å²) >= 11 is 0. The number of hydrogen-bond donors (Lipinski definition) is 2. The molecule has 1 atom stereocenters. The standard InChI is InChI=1S/C30H43N3O5/c1-23-24(2)33(28-8-5-4-7-27(23)28)22-26(35)21-32(11-6-15-34)20-25-9-10-29(30(19-25)36-3)38-18-14-31-12-16-37-17-13-31/h4-5,7-10,19,26,34-35H,6,11-18,20-22H2,1-3H3/t26-/m0/s1. The third kappa shape index (κ3) is 7.27. The molecule has 1 aliphatic heterocycles. The number of methoxy groups -OCH3 is 1. The first-order chi connectivity index (χ1) is 18.5. The van der Waals surface area contributed by atoms with E-state index in [0.29, 0.717) is 45.0 Å². The van der Waals surface area contributed by atoms with Gasteiger partial charge in [-0.15, -0.1) is 0 Å². The van der Waals surface area contributed by atoms with Crippen molar-refractivity contribution in [2.24, 2.45) is 0 Å². The van der Waals surface area contributed by atoms with Crippen LogP contribution in [0.25, 0.3) is 10.9 Å². The van der Waals surface area contributed by atoms with Crippen molar-refractivity contribution in [3.8, 4) is 11.5 Å². The normalized spacial score (nSPS) is 15.3. The van der Waals surface area contributed by atoms with E-state index in [1.807, 2.05) is 18.2 Å². The number of morpholine rings is 1. The molecule has 0 unspecified atom stereocenters. The number of ether oxygens (including phenoxy) is 3. The van der Waals surface area contributed by atoms with Crippen molar-refractivity contribution in [1.29, 1.82) is 0 Å². The zero-order valence-electron chi connectivity index (χ0n) is 23.1. The molecule has 2 heterocycles. The molecule has 3 aromatic rings. The maximum Gasteiger partial charge on any atom is 0.161 e. The Bertz CT molecular complexity index is 1160. The van der Waals surface area contributed by atoms with Gasteiger partial charge in [0.2, 0.25) is 0 Å². The van der Waals surface area contributed by atoms with Gasteiger partial charge in [-0.05, 0) is 49.6 Å². The molecule has 2 aromatic carbocycles. The van der Waals surface area contributed by atoms with E-state index in [1.54, 1.807) is 7.11 Å². The minimum Gasteiger partial charge on any atom is -0.493 e. The Kier molecular flexibility index (Phi) is 10.4. The van der Waals surface area contributed by atoms with E-state index in [0.717, 1.165) is 49.7 Å². The van der Waals surface area contributed by atoms with Crippen LogP contribution in [0.2, 0.25) is 0 Å². The summed E-state index contributed by atoms with van der Waals surface area (Å²) < 4.78 is 19.3. The van der Waals surface area contributed by atoms with Crippen LogP contribution in [0.3, 0.4) is 0 Å². The fourth-order valence-electron chi connectivity index (χ4n) is 5.23. The summed E-state index contributed by atoms with van der Waals surface area (Å²) in [7, 11) is 1.66. The molecular weight excluding hydrogens is 482 g/mol. The third-order valence-corrected chi connectivity index (χ3v) is 7.44. The van der Waals surface area contributed by atoms with E-state index in [-0.39, 0.29) is 6.61 Å². The Morgan fingerprint density at radius 1 is 1.08 bits per heavy atom. The lowest BCUT2D eigenvalue weighted by molar-refractivity contribution is 0.0321. The predicted octanol–water partition coefficient (Wildman–Crippen LogP) is 3.22. The Balaban J connectivity index is 1.38. The van der Waals surface area contributed by atoms with Crippen LogP contribution in [0.1, 0.15) is 23.2 Å². The van der Waals surface area contributed by atoms with Crippen LogP contribution in [-0.2, 0) is 17.8 Å². The number of fused-ring (bicyclic) bond motifs is 1. The Labute approximate surface area is 226 Å². The summed E-state index contributed by atoms with van der Waals surface area (Å²) in [5.74, 6) is 1.44. The van der Waals surface area contributed by atoms with E-state index >= 15 is 0 Å². The maximum atomic E-state index is 11.1. The molecule has 38 heavy (non-hydrogen) atoms. The highest BCUT2D eigenvalue weighted by molar-refractivity contribution is 5.85. The summed E-state index contributed by atoms with van der Waals surface area (Å²) in [4.78, 5) is 4.54. The molecule has 1 aliphatic rings. The van der Waals surface area contributed by atoms with Crippen molar-refractivity contribution in [2.75, 3.05) is 66.3 Å². The monoisotopic (exact) mass is 525 g/mol. The van der Waals surface area contributed by atoms with E-state index in [2.05, 4.69) is 52.5 Å². The average molecular weight is 526 g/mol. The van der Waals surface area contributed by atoms with Gasteiger partial charge in [-0.25, -0.2) is 0 Å². The van der Waals surface area contributed by atoms with Gasteiger partial charge in [0, 0.05) is 62.5 Å². The van der Waals surface area contributed by atoms with Crippen molar-refractivity contribution in [3.05, 3.63) is 59.3 Å². The van der Waals surface area contributed by atoms with Crippen molar-refractivity contribution < 1.29 is 24.4 Å². The first-order valence-electron chi connectivity index (χ1n) is 13.7. The number of benzene rings is 2. The lowest BCUT2D eigenvalue weighted by atomic mass is 10.1. The highest BCUT2D eigenvalue weighted by Crippen LogP contribution is 2.29. The summed E-state index contributed by atoms with van der Waals surface area (Å²) in [6, 6.07) is 14.4. The van der Waals surface area contributed by atoms with Crippen molar-refractivity contribution in [1.82, 2.24) is 14.4 Å². The molecule has 208 valence electrons. The van der Waals surface area contributed by atoms with Crippen LogP contribution in [0.15, 0.2) is 42.5 Å². The van der Waals surface area contributed by atoms with Gasteiger partial charge in [0.1, 0.15) is 6.61 Å². The minimum atomic E-state index is -0.549. The molecule has 0 saturated carbocycles. The summed E-state index contributed by atoms with van der Waals surface area (Å²) in [5, 5.41) is 21.8. The lowest BCUT2D eigenvalue weighted by Gasteiger charge is -2.27. The summed E-state index contributed by atoms with van der Waals surface area (Å²) in [6.07, 6.45) is 0.101. The Morgan fingerprint density at radius 2 is 1.87 bits per heavy atom. The SMILES string of the molecule is COc1cc(CN(CCCO)C[C@H](O)Cn2c(C)c(C)c3ccccc32)ccc1OCCN1CCOCC1. The van der Waals surface area contributed by atoms with Crippen LogP contribution >= 0.6 is 0 Å². The highest BCUT2D eigenvalue weighted by atomic mass is 16.5. The van der Waals surface area contributed by atoms with Crippen LogP contribution in [-0.4, -0.2) is 96.9 Å². The molecule has 1 fully saturated rings. The molecule has 0 bridgehead atoms. The fourth-order valence-corrected chi connectivity index (χ4v) is 5.23. The first-order valence-corrected chi connectivity index (χ1v) is 13.7. The van der Waals surface area contributed by atoms with Gasteiger partial charge in [0.05, 0.1) is 33.0 Å². The fraction of sp³-hybridized carbons (Fsp3) is 0.533. The topological polar surface area (TPSA) is 79.6 Å². The maximum absolute atomic E-state index is 11.1. The molecule has 0 spiro atoms. The van der Waals surface area contributed by atoms with Crippen molar-refractivity contribution in [2.45, 2.75) is 39.5 Å². The zero-order valence-corrected chi connectivity index (χ0v) is 23.1. The van der Waals surface area contributed by atoms with Crippen molar-refractivity contribution >= 4 is 10.9 Å². The minimum absolute atomic E-state index is 0.117. The second-order valence-corrected chi connectivity index (χ2v) is 10.1. The molecule has 0 aliphatic carbocycles. The molecule has 4 rings (SSSR count). The van der Waals surface area contributed by atoms with Gasteiger partial charge in [-0.3, -0.25) is 9.80 Å². The van der Waals surface area contributed by atoms with Crippen LogP contribution in [0, 0.1) is 13.8 Å². The Hall–Kier alpha value is -2.62. The van der Waals surface area contributed by atoms with Gasteiger partial charge in [-0.2, -0.15) is 0 Å². The van der Waals surface area contributed by atoms with E-state index < -0.39 is 6.10 Å². The van der Waals surface area contributed by atoms with E-state index in [9.17, 15) is 10.2 Å². The smallest absolute Gasteiger partial charge is 0.161 e. The molecular formula is C30H43N3O5. The largest absolute Gasteiger partial charge is 0.493 e. The number of aromatic nitrogens is 1. The number of aliphatic hydroxyl groups is 2. The van der Waals surface area contributed by atoms with E-state index in [1.165, 1.54) is 16.6 Å². The number of hydrogen-bond acceptors (Lipinski definition) is 7. The number of rotatable bonds is 14. The predicted molar refractivity (Wildman–Crippen MR) is 150 cm³/mol. The van der Waals surface area contributed by atoms with Crippen LogP contribution in [0.5, 0.6) is 11.5 Å². The van der Waals surface area contributed by atoms with Gasteiger partial charge in [0.15, 0.2) is 11.5 Å². The molecule has 8 heteroatoms. The number of aryl methyl sites for hydroxylation is 1. The van der Waals surface area contributed by atoms with Gasteiger partial charge in [0.25, 0.3) is 0 Å². The molecule has 0 radical (unpaired) electrons. The molecule has 1 aromatic heterocycles. The molecule has 0 amide bonds. The van der Waals surface area contributed by atoms with Crippen LogP contribution in [0.4, 0.5) is 0 Å². The first kappa shape index (κ1) is 28.4. The van der Waals surface area contributed by atoms with Gasteiger partial charge >= 0.3 is 0 Å². The zero-order chi connectivity index (χ0) is 26.9. The van der Waals surface area contributed by atoms with Crippen molar-refractivity contribution in [3.63, 3.8) is 0 Å². The lowest BCUT2D eigenvalue weighted by Crippen LogP contribution is -2.38. The summed E-state index contributed by atoms with van der Waals surface area (Å²) in [5.41, 5.74) is 4.66. The second-order valence-electron chi connectivity index (χ2n) is 10.1. The quantitative estimate of drug-likeness (QED) is 0.335. The van der Waals surface area contributed by atoms with Crippen LogP contribution < -0.4 is 9.47 Å². The summed E-state index contributed by atoms with van der Waals surface area (Å²) in [6.45, 7) is 11.6. The second kappa shape index (κ2) is 14.0. The Morgan fingerprint density at radius 3 is 2.63 bits per heavy atom. The molecule has 1 saturated heterocycles. The average Bonchev–Trinajstić information content (AvgIpc) is 3.17. The number of para-hydroxylation sites is 1. The third-order valence-electron chi connectivity index (χ3n) is 7.44. The molecule has 8 nitrogen and oxygen atoms in total. The van der Waals surface area contributed by atoms with Gasteiger partial charge in [-0.1, -0.05) is 24.3 Å².